The summed E-state index contributed by atoms with van der Waals surface area (Å²) in [6.07, 6.45) is 45.7. The van der Waals surface area contributed by atoms with E-state index in [9.17, 15) is 55.5 Å². The molecule has 11 nitrogen and oxygen atoms in total. The van der Waals surface area contributed by atoms with Crippen LogP contribution < -0.4 is 18.9 Å². The van der Waals surface area contributed by atoms with Gasteiger partial charge in [0.2, 0.25) is 0 Å². The number of benzene rings is 2. The summed E-state index contributed by atoms with van der Waals surface area (Å²) in [4.78, 5) is 0.790. The number of fused-ring (bicyclic) bond motifs is 15. The number of aliphatic hydroxyl groups is 6. The van der Waals surface area contributed by atoms with E-state index in [1.807, 2.05) is 44.2 Å². The molecule has 12 saturated carbocycles. The summed E-state index contributed by atoms with van der Waals surface area (Å²) in [5, 5.41) is 61.9. The molecule has 0 bridgehead atoms. The topological polar surface area (TPSA) is 202 Å². The van der Waals surface area contributed by atoms with Gasteiger partial charge in [0.1, 0.15) is 0 Å². The monoisotopic (exact) mass is 1900 g/mol. The number of unbranched alkanes of at least 4 members (excludes halogenated alkanes) is 1. The van der Waals surface area contributed by atoms with Gasteiger partial charge < -0.3 is 42.3 Å². The molecule has 16 aliphatic rings. The first-order chi connectivity index (χ1) is 62.1. The Balaban J connectivity index is 0.000000166. The average molecular weight is 1900 g/mol. The molecule has 0 aromatic heterocycles. The molecule has 0 radical (unpaired) electrons. The Kier molecular flexibility index (Phi) is 34.0. The Morgan fingerprint density at radius 2 is 0.851 bits per heavy atom. The maximum absolute atomic E-state index is 14.5. The third kappa shape index (κ3) is 22.0. The van der Waals surface area contributed by atoms with Gasteiger partial charge in [-0.3, -0.25) is 0 Å². The molecule has 1 saturated heterocycles. The fraction of sp³-hybridized carbons (Fsp3) is 0.838. The van der Waals surface area contributed by atoms with Gasteiger partial charge in [0.15, 0.2) is 25.3 Å². The summed E-state index contributed by atoms with van der Waals surface area (Å²) >= 11 is 0. The van der Waals surface area contributed by atoms with Crippen LogP contribution in [-0.4, -0.2) is 112 Å². The van der Waals surface area contributed by atoms with Gasteiger partial charge in [0, 0.05) is 13.5 Å². The van der Waals surface area contributed by atoms with Gasteiger partial charge in [-0.15, -0.1) is 0 Å². The zero-order chi connectivity index (χ0) is 97.4. The van der Waals surface area contributed by atoms with Gasteiger partial charge in [-0.1, -0.05) is 215 Å². The van der Waals surface area contributed by atoms with E-state index in [0.29, 0.717) is 116 Å². The fourth-order valence-electron chi connectivity index (χ4n) is 33.7. The third-order valence-electron chi connectivity index (χ3n) is 43.9. The second-order valence-corrected chi connectivity index (χ2v) is 56.1. The molecular formula is C117H188F3LiO11S2. The number of hydrogen-bond donors (Lipinski definition) is 6. The Labute approximate surface area is 826 Å². The molecule has 26 atom stereocenters. The quantitative estimate of drug-likeness (QED) is 0.0359. The van der Waals surface area contributed by atoms with Crippen LogP contribution in [0.5, 0.6) is 0 Å². The standard InChI is InChI=1S/C39H60O4S.C34H58O2.C29H39F3O3S.C10H18O.C4H9.CH4O.Li/c1-7-35(3)19-23-39(41,24-20-35)26-34(44(42,43)29-11-9-8-10-12-29)27(2)31-15-16-32-30-14-13-28-25-36(4,40)21-22-37(28,5)33(30)17-18-38(31,32)6;1-8-30(4)15-19-34(36,20-16-30)14-11-23(2)29-24(3)21-28-26-10-9-25-22-31(5,35)17-18-32(25,6)27(26)12-13-33(28,29)7;1-19(18-36(34,35)21-7-5-4-6-8-21)23-11-12-24-22-10-9-20-17-28(33,29(30,31)32)16-15-26(20,2)25(22)13-14-27(23,24)3;1-3-9(2)4-6-10(7-5-9)8-11-10;1-3-4-2;1-2;/h8-13,27,30-34,40-41H,7,14-26H2,1-6H3;9,23-24,26-29,35-36H,8,10-22H2,1-7H3;4-9,19,22-25,33H,10-18H2,1-3H3;3-8H2,1-2H3;1,3-4H2,2H3;2H,1H3;/q;;;;-1;;+1/t27-,30-,31+,32-,33-,34?,35?,36-,37-,38+,39?;23-,24?,26-,27+,28+,29+,30?,31+,32+,33+,34?;19-,22+,23-,24+,25+,26+,27-,28+;;;;/m011..../s1. The summed E-state index contributed by atoms with van der Waals surface area (Å²) in [7, 11) is -5.99. The summed E-state index contributed by atoms with van der Waals surface area (Å²) in [5.74, 6) is 8.70. The number of aliphatic hydroxyl groups excluding tert-OH is 1. The number of halogens is 3. The molecule has 6 N–H and O–H groups in total. The fourth-order valence-corrected chi connectivity index (χ4v) is 37.6. The number of sulfone groups is 2. The molecule has 1 spiro atoms. The van der Waals surface area contributed by atoms with E-state index in [0.717, 1.165) is 177 Å². The number of ether oxygens (including phenoxy) is 1. The maximum atomic E-state index is 14.5. The Morgan fingerprint density at radius 1 is 0.463 bits per heavy atom. The van der Waals surface area contributed by atoms with Crippen molar-refractivity contribution in [1.82, 2.24) is 0 Å². The molecule has 1 heterocycles. The Morgan fingerprint density at radius 3 is 1.28 bits per heavy atom. The molecule has 2 aromatic rings. The van der Waals surface area contributed by atoms with Crippen LogP contribution in [0.1, 0.15) is 408 Å². The molecular weight excluding hydrogens is 1710 g/mol. The van der Waals surface area contributed by atoms with E-state index in [1.165, 1.54) is 115 Å². The maximum Gasteiger partial charge on any atom is 1.00 e. The van der Waals surface area contributed by atoms with E-state index in [-0.39, 0.29) is 76.4 Å². The van der Waals surface area contributed by atoms with Crippen molar-refractivity contribution in [2.24, 2.45) is 143 Å². The largest absolute Gasteiger partial charge is 1.00 e. The van der Waals surface area contributed by atoms with Crippen LogP contribution in [0.3, 0.4) is 0 Å². The minimum atomic E-state index is -4.61. The number of hydrogen-bond acceptors (Lipinski definition) is 11. The minimum Gasteiger partial charge on any atom is -0.400 e. The Bertz CT molecular complexity index is 4550. The molecule has 2 aromatic carbocycles. The van der Waals surface area contributed by atoms with Gasteiger partial charge in [-0.25, -0.2) is 16.8 Å². The van der Waals surface area contributed by atoms with Crippen molar-refractivity contribution in [2.75, 3.05) is 19.5 Å². The van der Waals surface area contributed by atoms with Crippen LogP contribution in [0.2, 0.25) is 0 Å². The predicted octanol–water partition coefficient (Wildman–Crippen LogP) is 25.6. The summed E-state index contributed by atoms with van der Waals surface area (Å²) < 4.78 is 102. The van der Waals surface area contributed by atoms with Gasteiger partial charge in [0.25, 0.3) is 0 Å². The van der Waals surface area contributed by atoms with Crippen LogP contribution in [0.25, 0.3) is 0 Å². The smallest absolute Gasteiger partial charge is 0.400 e. The summed E-state index contributed by atoms with van der Waals surface area (Å²) in [6, 6.07) is 17.8. The Hall–Kier alpha value is -2.33. The first-order valence-electron chi connectivity index (χ1n) is 54.3. The van der Waals surface area contributed by atoms with Crippen LogP contribution >= 0.6 is 0 Å². The molecule has 0 amide bonds. The zero-order valence-electron chi connectivity index (χ0n) is 88.0. The van der Waals surface area contributed by atoms with Gasteiger partial charge in [-0.05, 0) is 419 Å². The first-order valence-corrected chi connectivity index (χ1v) is 57.5. The van der Waals surface area contributed by atoms with E-state index in [1.54, 1.807) is 42.0 Å². The van der Waals surface area contributed by atoms with Crippen molar-refractivity contribution in [2.45, 2.75) is 462 Å². The number of allylic oxidation sites excluding steroid dienone is 3. The molecule has 13 fully saturated rings. The number of alkyl halides is 3. The summed E-state index contributed by atoms with van der Waals surface area (Å²) in [5.41, 5.74) is 1.42. The second-order valence-electron chi connectivity index (χ2n) is 51.9. The molecule has 1 aliphatic heterocycles. The molecule has 15 aliphatic carbocycles. The van der Waals surface area contributed by atoms with Crippen LogP contribution in [-0.2, 0) is 24.4 Å². The molecule has 17 heteroatoms. The average Bonchev–Trinajstić information content (AvgIpc) is 1.33. The normalized spacial score (nSPS) is 44.9. The van der Waals surface area contributed by atoms with Crippen LogP contribution in [0, 0.1) is 150 Å². The van der Waals surface area contributed by atoms with Crippen molar-refractivity contribution < 1.29 is 84.2 Å². The molecule has 756 valence electrons. The molecule has 2 unspecified atom stereocenters. The van der Waals surface area contributed by atoms with Gasteiger partial charge in [0.05, 0.1) is 55.4 Å². The number of epoxide rings is 1. The van der Waals surface area contributed by atoms with Crippen molar-refractivity contribution in [1.29, 1.82) is 0 Å². The zero-order valence-corrected chi connectivity index (χ0v) is 89.7. The molecule has 134 heavy (non-hydrogen) atoms. The van der Waals surface area contributed by atoms with Crippen molar-refractivity contribution in [3.8, 4) is 0 Å². The minimum absolute atomic E-state index is 0. The second kappa shape index (κ2) is 41.3. The van der Waals surface area contributed by atoms with Crippen molar-refractivity contribution >= 4 is 19.7 Å². The summed E-state index contributed by atoms with van der Waals surface area (Å²) in [6.45, 7) is 49.0. The van der Waals surface area contributed by atoms with Gasteiger partial charge >= 0.3 is 25.0 Å². The SMILES string of the molecule is CCC1(C)CCC(O)(CC([C@@H](C)[C@H]2CC[C@H]3[C@@H]4CC=C5C[C@@](C)(O)CC[C@]5(C)[C@H]4CC[C@]23C)S(=O)(=O)c2ccccc2)CC1.CCC1(C)CCC(O)(CC[C@@H](C)[C@H]2C(C)C[C@H]3[C@@H]4CC=C5C[C@@](C)(O)CC[C@]5(C)[C@H]4CC[C@]23C)CC1.CCC1(C)CCC2(CC1)CO2.CO.C[C@H](CS(=O)(=O)c1ccccc1)[C@H]1CC[C@H]2[C@@H]3CC=C4C[C@](O)(C(F)(F)F)CC[C@]4(C)[C@H]3CC[C@]12C.[CH2-]CCC.[Li+]. The van der Waals surface area contributed by atoms with Crippen molar-refractivity contribution in [3.05, 3.63) is 103 Å². The van der Waals surface area contributed by atoms with E-state index in [4.69, 9.17) is 9.84 Å². The predicted molar refractivity (Wildman–Crippen MR) is 537 cm³/mol. The number of rotatable bonds is 18. The van der Waals surface area contributed by atoms with E-state index in [2.05, 4.69) is 137 Å². The van der Waals surface area contributed by atoms with Crippen LogP contribution in [0.4, 0.5) is 13.2 Å². The molecule has 18 rings (SSSR count). The third-order valence-corrected chi connectivity index (χ3v) is 48.1. The van der Waals surface area contributed by atoms with E-state index >= 15 is 0 Å². The van der Waals surface area contributed by atoms with Crippen molar-refractivity contribution in [3.63, 3.8) is 0 Å². The van der Waals surface area contributed by atoms with E-state index < -0.39 is 59.1 Å². The van der Waals surface area contributed by atoms with Crippen LogP contribution in [0.15, 0.2) is 105 Å². The van der Waals surface area contributed by atoms with Gasteiger partial charge in [-0.2, -0.15) is 19.6 Å². The first kappa shape index (κ1) is 110.